The van der Waals surface area contributed by atoms with Crippen LogP contribution in [0.15, 0.2) is 48.5 Å². The number of aryl methyl sites for hydroxylation is 1. The van der Waals surface area contributed by atoms with Crippen LogP contribution in [0.1, 0.15) is 29.7 Å². The fourth-order valence-corrected chi connectivity index (χ4v) is 3.50. The number of hydrogen-bond acceptors (Lipinski definition) is 4. The molecule has 4 nitrogen and oxygen atoms in total. The summed E-state index contributed by atoms with van der Waals surface area (Å²) in [5.41, 5.74) is 3.59. The normalized spacial score (nSPS) is 13.2. The fourth-order valence-electron chi connectivity index (χ4n) is 2.43. The first-order valence-electron chi connectivity index (χ1n) is 8.25. The molecule has 2 N–H and O–H groups in total. The first-order valence-corrected chi connectivity index (χ1v) is 9.41. The molecule has 0 saturated heterocycles. The van der Waals surface area contributed by atoms with E-state index in [9.17, 15) is 9.90 Å². The van der Waals surface area contributed by atoms with Crippen molar-refractivity contribution >= 4 is 17.7 Å². The van der Waals surface area contributed by atoms with Gasteiger partial charge in [-0.05, 0) is 37.1 Å². The molecule has 2 atom stereocenters. The molecule has 0 unspecified atom stereocenters. The monoisotopic (exact) mass is 359 g/mol. The van der Waals surface area contributed by atoms with E-state index >= 15 is 0 Å². The molecule has 25 heavy (non-hydrogen) atoms. The zero-order valence-corrected chi connectivity index (χ0v) is 15.7. The Kier molecular flexibility index (Phi) is 7.34. The SMILES string of the molecule is COc1ccc([C@@H](CSCc2ccc(C)cc2)N[C@@H](C)C(=O)O)cc1. The van der Waals surface area contributed by atoms with Crippen molar-refractivity contribution < 1.29 is 14.6 Å². The van der Waals surface area contributed by atoms with E-state index in [1.807, 2.05) is 24.3 Å². The third-order valence-electron chi connectivity index (χ3n) is 4.01. The van der Waals surface area contributed by atoms with Crippen molar-refractivity contribution in [2.24, 2.45) is 0 Å². The van der Waals surface area contributed by atoms with Gasteiger partial charge < -0.3 is 9.84 Å². The van der Waals surface area contributed by atoms with E-state index in [0.29, 0.717) is 0 Å². The lowest BCUT2D eigenvalue weighted by atomic mass is 10.1. The molecular formula is C20H25NO3S. The predicted octanol–water partition coefficient (Wildman–Crippen LogP) is 4.04. The van der Waals surface area contributed by atoms with Gasteiger partial charge in [-0.2, -0.15) is 11.8 Å². The van der Waals surface area contributed by atoms with Crippen LogP contribution in [0.4, 0.5) is 0 Å². The Morgan fingerprint density at radius 1 is 1.16 bits per heavy atom. The number of benzene rings is 2. The van der Waals surface area contributed by atoms with Crippen molar-refractivity contribution in [1.29, 1.82) is 0 Å². The molecule has 5 heteroatoms. The van der Waals surface area contributed by atoms with Crippen LogP contribution in [0.2, 0.25) is 0 Å². The molecular weight excluding hydrogens is 334 g/mol. The fraction of sp³-hybridized carbons (Fsp3) is 0.350. The average molecular weight is 359 g/mol. The van der Waals surface area contributed by atoms with Gasteiger partial charge in [-0.1, -0.05) is 42.0 Å². The second-order valence-corrected chi connectivity index (χ2v) is 7.08. The zero-order chi connectivity index (χ0) is 18.2. The second-order valence-electron chi connectivity index (χ2n) is 6.05. The minimum atomic E-state index is -0.845. The van der Waals surface area contributed by atoms with Gasteiger partial charge >= 0.3 is 5.97 Å². The van der Waals surface area contributed by atoms with E-state index in [0.717, 1.165) is 22.8 Å². The van der Waals surface area contributed by atoms with Gasteiger partial charge in [-0.25, -0.2) is 0 Å². The van der Waals surface area contributed by atoms with Crippen molar-refractivity contribution in [2.75, 3.05) is 12.9 Å². The highest BCUT2D eigenvalue weighted by atomic mass is 32.2. The first kappa shape index (κ1) is 19.3. The van der Waals surface area contributed by atoms with Crippen LogP contribution in [0.25, 0.3) is 0 Å². The number of carbonyl (C=O) groups is 1. The standard InChI is InChI=1S/C20H25NO3S/c1-14-4-6-16(7-5-14)12-25-13-19(21-15(2)20(22)23)17-8-10-18(24-3)11-9-17/h4-11,15,19,21H,12-13H2,1-3H3,(H,22,23)/t15-,19+/m0/s1. The van der Waals surface area contributed by atoms with Crippen LogP contribution in [0.5, 0.6) is 5.75 Å². The number of methoxy groups -OCH3 is 1. The summed E-state index contributed by atoms with van der Waals surface area (Å²) in [6.07, 6.45) is 0. The van der Waals surface area contributed by atoms with E-state index in [1.54, 1.807) is 25.8 Å². The van der Waals surface area contributed by atoms with Crippen LogP contribution >= 0.6 is 11.8 Å². The van der Waals surface area contributed by atoms with Crippen molar-refractivity contribution in [1.82, 2.24) is 5.32 Å². The lowest BCUT2D eigenvalue weighted by Crippen LogP contribution is -2.37. The maximum atomic E-state index is 11.2. The molecule has 0 radical (unpaired) electrons. The minimum Gasteiger partial charge on any atom is -0.497 e. The highest BCUT2D eigenvalue weighted by Gasteiger charge is 2.18. The summed E-state index contributed by atoms with van der Waals surface area (Å²) in [6.45, 7) is 3.75. The van der Waals surface area contributed by atoms with Gasteiger partial charge in [0.05, 0.1) is 7.11 Å². The second kappa shape index (κ2) is 9.49. The van der Waals surface area contributed by atoms with E-state index in [-0.39, 0.29) is 6.04 Å². The molecule has 0 aliphatic heterocycles. The van der Waals surface area contributed by atoms with Gasteiger partial charge in [-0.3, -0.25) is 10.1 Å². The van der Waals surface area contributed by atoms with Gasteiger partial charge in [0.25, 0.3) is 0 Å². The molecule has 0 aromatic heterocycles. The van der Waals surface area contributed by atoms with Crippen LogP contribution in [-0.2, 0) is 10.5 Å². The molecule has 0 heterocycles. The highest BCUT2D eigenvalue weighted by Crippen LogP contribution is 2.24. The summed E-state index contributed by atoms with van der Waals surface area (Å²) in [4.78, 5) is 11.2. The molecule has 2 rings (SSSR count). The van der Waals surface area contributed by atoms with Crippen molar-refractivity contribution in [3.8, 4) is 5.75 Å². The lowest BCUT2D eigenvalue weighted by molar-refractivity contribution is -0.139. The number of carboxylic acids is 1. The Morgan fingerprint density at radius 2 is 1.80 bits per heavy atom. The van der Waals surface area contributed by atoms with E-state index in [2.05, 4.69) is 36.5 Å². The molecule has 0 aliphatic carbocycles. The van der Waals surface area contributed by atoms with Crippen molar-refractivity contribution in [2.45, 2.75) is 31.7 Å². The van der Waals surface area contributed by atoms with Gasteiger partial charge in [-0.15, -0.1) is 0 Å². The Balaban J connectivity index is 2.02. The maximum Gasteiger partial charge on any atom is 0.320 e. The number of nitrogens with one attached hydrogen (secondary N) is 1. The van der Waals surface area contributed by atoms with E-state index in [4.69, 9.17) is 4.74 Å². The third-order valence-corrected chi connectivity index (χ3v) is 5.12. The Morgan fingerprint density at radius 3 is 2.36 bits per heavy atom. The molecule has 0 saturated carbocycles. The lowest BCUT2D eigenvalue weighted by Gasteiger charge is -2.22. The molecule has 0 fully saturated rings. The summed E-state index contributed by atoms with van der Waals surface area (Å²) < 4.78 is 5.20. The topological polar surface area (TPSA) is 58.6 Å². The van der Waals surface area contributed by atoms with Crippen LogP contribution in [0.3, 0.4) is 0 Å². The molecule has 0 amide bonds. The smallest absolute Gasteiger partial charge is 0.320 e. The van der Waals surface area contributed by atoms with Crippen molar-refractivity contribution in [3.05, 3.63) is 65.2 Å². The Hall–Kier alpha value is -1.98. The Bertz CT molecular complexity index is 670. The largest absolute Gasteiger partial charge is 0.497 e. The summed E-state index contributed by atoms with van der Waals surface area (Å²) >= 11 is 1.79. The number of aliphatic carboxylic acids is 1. The molecule has 134 valence electrons. The number of thioether (sulfide) groups is 1. The van der Waals surface area contributed by atoms with Gasteiger partial charge in [0.1, 0.15) is 11.8 Å². The van der Waals surface area contributed by atoms with E-state index in [1.165, 1.54) is 11.1 Å². The summed E-state index contributed by atoms with van der Waals surface area (Å²) in [7, 11) is 1.63. The number of rotatable bonds is 9. The molecule has 0 bridgehead atoms. The van der Waals surface area contributed by atoms with Crippen LogP contribution in [-0.4, -0.2) is 30.0 Å². The summed E-state index contributed by atoms with van der Waals surface area (Å²) in [5, 5.41) is 12.4. The minimum absolute atomic E-state index is 0.0348. The summed E-state index contributed by atoms with van der Waals surface area (Å²) in [6, 6.07) is 15.6. The number of carboxylic acid groups (broad SMARTS) is 1. The Labute approximate surface area is 153 Å². The number of ether oxygens (including phenoxy) is 1. The average Bonchev–Trinajstić information content (AvgIpc) is 2.62. The molecule has 2 aromatic carbocycles. The zero-order valence-electron chi connectivity index (χ0n) is 14.9. The quantitative estimate of drug-likeness (QED) is 0.708. The number of hydrogen-bond donors (Lipinski definition) is 2. The maximum absolute atomic E-state index is 11.2. The van der Waals surface area contributed by atoms with Crippen LogP contribution in [0, 0.1) is 6.92 Å². The predicted molar refractivity (Wildman–Crippen MR) is 103 cm³/mol. The third kappa shape index (κ3) is 6.11. The van der Waals surface area contributed by atoms with Gasteiger partial charge in [0.2, 0.25) is 0 Å². The van der Waals surface area contributed by atoms with Crippen LogP contribution < -0.4 is 10.1 Å². The molecule has 0 aliphatic rings. The van der Waals surface area contributed by atoms with Crippen molar-refractivity contribution in [3.63, 3.8) is 0 Å². The highest BCUT2D eigenvalue weighted by molar-refractivity contribution is 7.98. The molecule has 2 aromatic rings. The van der Waals surface area contributed by atoms with Gasteiger partial charge in [0, 0.05) is 17.5 Å². The van der Waals surface area contributed by atoms with E-state index < -0.39 is 12.0 Å². The summed E-state index contributed by atoms with van der Waals surface area (Å²) in [5.74, 6) is 1.64. The van der Waals surface area contributed by atoms with Gasteiger partial charge in [0.15, 0.2) is 0 Å². The molecule has 0 spiro atoms. The first-order chi connectivity index (χ1) is 12.0.